The fraction of sp³-hybridized carbons (Fsp3) is 0.379. The van der Waals surface area contributed by atoms with E-state index in [9.17, 15) is 14.7 Å². The Morgan fingerprint density at radius 2 is 1.92 bits per heavy atom. The van der Waals surface area contributed by atoms with Crippen LogP contribution >= 0.6 is 0 Å². The molecule has 0 saturated carbocycles. The highest BCUT2D eigenvalue weighted by Gasteiger charge is 2.28. The summed E-state index contributed by atoms with van der Waals surface area (Å²) in [7, 11) is 1.60. The molecule has 4 rings (SSSR count). The number of aromatic hydroxyl groups is 1. The number of rotatable bonds is 11. The first-order valence-corrected chi connectivity index (χ1v) is 12.5. The maximum atomic E-state index is 13.0. The van der Waals surface area contributed by atoms with Crippen LogP contribution in [-0.4, -0.2) is 50.4 Å². The van der Waals surface area contributed by atoms with Gasteiger partial charge in [0.25, 0.3) is 0 Å². The molecule has 10 nitrogen and oxygen atoms in total. The Morgan fingerprint density at radius 3 is 2.62 bits per heavy atom. The molecule has 0 aliphatic carbocycles. The van der Waals surface area contributed by atoms with Gasteiger partial charge in [-0.25, -0.2) is 4.79 Å². The van der Waals surface area contributed by atoms with E-state index in [-0.39, 0.29) is 54.0 Å². The summed E-state index contributed by atoms with van der Waals surface area (Å²) in [5, 5.41) is 10.6. The lowest BCUT2D eigenvalue weighted by Gasteiger charge is -2.18. The van der Waals surface area contributed by atoms with Crippen molar-refractivity contribution in [2.24, 2.45) is 0 Å². The number of carbonyl (C=O) groups excluding carboxylic acids is 1. The number of phenolic OH excluding ortho intramolecular Hbond substituents is 1. The van der Waals surface area contributed by atoms with E-state index in [0.717, 1.165) is 5.56 Å². The van der Waals surface area contributed by atoms with Crippen LogP contribution in [0.2, 0.25) is 0 Å². The quantitative estimate of drug-likeness (QED) is 0.337. The largest absolute Gasteiger partial charge is 0.507 e. The molecule has 0 radical (unpaired) electrons. The predicted molar refractivity (Wildman–Crippen MR) is 142 cm³/mol. The van der Waals surface area contributed by atoms with Gasteiger partial charge in [0.1, 0.15) is 46.8 Å². The van der Waals surface area contributed by atoms with Crippen molar-refractivity contribution in [3.05, 3.63) is 64.2 Å². The lowest BCUT2D eigenvalue weighted by atomic mass is 9.98. The van der Waals surface area contributed by atoms with Gasteiger partial charge in [-0.05, 0) is 18.6 Å². The molecule has 1 atom stereocenters. The second-order valence-electron chi connectivity index (χ2n) is 9.49. The Hall–Kier alpha value is -4.18. The number of fused-ring (bicyclic) bond motifs is 1. The van der Waals surface area contributed by atoms with E-state index in [1.54, 1.807) is 40.0 Å². The van der Waals surface area contributed by atoms with Crippen LogP contribution in [0.25, 0.3) is 22.3 Å². The third kappa shape index (κ3) is 6.64. The lowest BCUT2D eigenvalue weighted by Crippen LogP contribution is -2.21. The van der Waals surface area contributed by atoms with Crippen molar-refractivity contribution in [1.29, 1.82) is 0 Å². The smallest absolute Gasteiger partial charge is 0.344 e. The van der Waals surface area contributed by atoms with Crippen LogP contribution in [0.1, 0.15) is 39.2 Å². The molecule has 0 amide bonds. The molecule has 1 aromatic heterocycles. The Balaban J connectivity index is 1.66. The van der Waals surface area contributed by atoms with Crippen molar-refractivity contribution in [2.45, 2.75) is 39.4 Å². The van der Waals surface area contributed by atoms with Crippen molar-refractivity contribution in [3.63, 3.8) is 0 Å². The molecule has 208 valence electrons. The van der Waals surface area contributed by atoms with Crippen molar-refractivity contribution >= 4 is 16.9 Å². The van der Waals surface area contributed by atoms with E-state index in [0.29, 0.717) is 23.7 Å². The molecule has 3 aromatic rings. The average molecular weight is 541 g/mol. The number of ether oxygens (including phenoxy) is 6. The van der Waals surface area contributed by atoms with Crippen LogP contribution in [0.5, 0.6) is 17.2 Å². The third-order valence-corrected chi connectivity index (χ3v) is 5.91. The molecule has 0 fully saturated rings. The monoisotopic (exact) mass is 540 g/mol. The highest BCUT2D eigenvalue weighted by molar-refractivity contribution is 5.86. The summed E-state index contributed by atoms with van der Waals surface area (Å²) >= 11 is 0. The van der Waals surface area contributed by atoms with Crippen LogP contribution in [0.4, 0.5) is 0 Å². The highest BCUT2D eigenvalue weighted by atomic mass is 16.7. The van der Waals surface area contributed by atoms with E-state index in [1.165, 1.54) is 24.5 Å². The van der Waals surface area contributed by atoms with Gasteiger partial charge in [-0.1, -0.05) is 19.1 Å². The summed E-state index contributed by atoms with van der Waals surface area (Å²) in [5.41, 5.74) is 1.06. The van der Waals surface area contributed by atoms with E-state index < -0.39 is 17.2 Å². The molecule has 0 spiro atoms. The van der Waals surface area contributed by atoms with E-state index in [1.807, 2.05) is 13.0 Å². The SMILES string of the molecule is CCOC(=O)COc1cc(-c2cc(=O)c3c(O)cc(OCC4=COC(C)(C)O4)cc3o2)ccc1C(C)COC. The van der Waals surface area contributed by atoms with Gasteiger partial charge in [-0.15, -0.1) is 0 Å². The number of hydrogen-bond donors (Lipinski definition) is 1. The molecule has 1 aliphatic heterocycles. The molecule has 0 bridgehead atoms. The molecule has 2 aromatic carbocycles. The first-order chi connectivity index (χ1) is 18.6. The number of carbonyl (C=O) groups is 1. The zero-order valence-electron chi connectivity index (χ0n) is 22.6. The topological polar surface area (TPSA) is 123 Å². The van der Waals surface area contributed by atoms with Gasteiger partial charge in [0.2, 0.25) is 5.79 Å². The molecule has 0 saturated heterocycles. The fourth-order valence-electron chi connectivity index (χ4n) is 4.16. The van der Waals surface area contributed by atoms with Gasteiger partial charge in [-0.3, -0.25) is 4.79 Å². The van der Waals surface area contributed by atoms with Crippen molar-refractivity contribution < 1.29 is 42.7 Å². The van der Waals surface area contributed by atoms with Gasteiger partial charge < -0.3 is 37.9 Å². The Labute approximate surface area is 225 Å². The Kier molecular flexibility index (Phi) is 8.35. The molecular weight excluding hydrogens is 508 g/mol. The normalized spacial score (nSPS) is 14.7. The standard InChI is InChI=1S/C29H32O10/c1-6-34-27(32)16-36-25-9-18(7-8-21(25)17(2)13-33-5)24-12-23(31)28-22(30)10-19(11-26(28)38-24)35-14-20-15-37-29(3,4)39-20/h7-12,15,17,30H,6,13-14,16H2,1-5H3. The Morgan fingerprint density at radius 1 is 1.13 bits per heavy atom. The highest BCUT2D eigenvalue weighted by Crippen LogP contribution is 2.35. The molecule has 39 heavy (non-hydrogen) atoms. The molecule has 1 N–H and O–H groups in total. The van der Waals surface area contributed by atoms with Crippen LogP contribution < -0.4 is 14.9 Å². The molecule has 1 aliphatic rings. The van der Waals surface area contributed by atoms with Gasteiger partial charge >= 0.3 is 5.97 Å². The Bertz CT molecular complexity index is 1440. The van der Waals surface area contributed by atoms with Gasteiger partial charge in [0.15, 0.2) is 17.8 Å². The van der Waals surface area contributed by atoms with E-state index >= 15 is 0 Å². The van der Waals surface area contributed by atoms with Gasteiger partial charge in [0.05, 0.1) is 13.2 Å². The minimum absolute atomic E-state index is 0.0241. The molecule has 10 heteroatoms. The first kappa shape index (κ1) is 27.8. The van der Waals surface area contributed by atoms with Gasteiger partial charge in [-0.2, -0.15) is 0 Å². The first-order valence-electron chi connectivity index (χ1n) is 12.5. The summed E-state index contributed by atoms with van der Waals surface area (Å²) in [5.74, 6) is -0.149. The minimum atomic E-state index is -0.776. The number of hydrogen-bond acceptors (Lipinski definition) is 10. The minimum Gasteiger partial charge on any atom is -0.507 e. The summed E-state index contributed by atoms with van der Waals surface area (Å²) in [6.45, 7) is 7.69. The molecular formula is C29H32O10. The fourth-order valence-corrected chi connectivity index (χ4v) is 4.16. The number of phenols is 1. The van der Waals surface area contributed by atoms with Crippen molar-refractivity contribution in [1.82, 2.24) is 0 Å². The summed E-state index contributed by atoms with van der Waals surface area (Å²) in [6.07, 6.45) is 1.47. The van der Waals surface area contributed by atoms with Crippen LogP contribution in [0, 0.1) is 0 Å². The average Bonchev–Trinajstić information content (AvgIpc) is 3.24. The van der Waals surface area contributed by atoms with Crippen molar-refractivity contribution in [2.75, 3.05) is 33.5 Å². The summed E-state index contributed by atoms with van der Waals surface area (Å²) in [4.78, 5) is 24.9. The maximum Gasteiger partial charge on any atom is 0.344 e. The van der Waals surface area contributed by atoms with Crippen LogP contribution in [0.15, 0.2) is 57.6 Å². The lowest BCUT2D eigenvalue weighted by molar-refractivity contribution is -0.145. The number of methoxy groups -OCH3 is 1. The third-order valence-electron chi connectivity index (χ3n) is 5.91. The zero-order chi connectivity index (χ0) is 28.2. The predicted octanol–water partition coefficient (Wildman–Crippen LogP) is 4.86. The van der Waals surface area contributed by atoms with E-state index in [2.05, 4.69) is 0 Å². The molecule has 2 heterocycles. The zero-order valence-corrected chi connectivity index (χ0v) is 22.6. The van der Waals surface area contributed by atoms with E-state index in [4.69, 9.17) is 32.8 Å². The number of benzene rings is 2. The second kappa shape index (κ2) is 11.7. The summed E-state index contributed by atoms with van der Waals surface area (Å²) in [6, 6.07) is 9.47. The number of esters is 1. The molecule has 1 unspecified atom stereocenters. The van der Waals surface area contributed by atoms with Crippen LogP contribution in [0.3, 0.4) is 0 Å². The summed E-state index contributed by atoms with van der Waals surface area (Å²) < 4.78 is 38.8. The maximum absolute atomic E-state index is 13.0. The van der Waals surface area contributed by atoms with Crippen LogP contribution in [-0.2, 0) is 23.7 Å². The second-order valence-corrected chi connectivity index (χ2v) is 9.49. The van der Waals surface area contributed by atoms with Gasteiger partial charge in [0, 0.05) is 50.6 Å². The van der Waals surface area contributed by atoms with Crippen molar-refractivity contribution in [3.8, 4) is 28.6 Å².